The Labute approximate surface area is 124 Å². The number of hydrogen-bond donors (Lipinski definition) is 1. The second-order valence-corrected chi connectivity index (χ2v) is 5.33. The van der Waals surface area contributed by atoms with E-state index in [0.29, 0.717) is 0 Å². The second-order valence-electron chi connectivity index (χ2n) is 5.33. The van der Waals surface area contributed by atoms with E-state index in [4.69, 9.17) is 4.74 Å². The molecule has 1 aliphatic rings. The lowest BCUT2D eigenvalue weighted by atomic mass is 10.2. The number of nitrogens with zero attached hydrogens (tertiary/aromatic N) is 5. The fourth-order valence-corrected chi connectivity index (χ4v) is 2.70. The van der Waals surface area contributed by atoms with Crippen LogP contribution in [0, 0.1) is 6.92 Å². The third-order valence-electron chi connectivity index (χ3n) is 3.84. The highest BCUT2D eigenvalue weighted by atomic mass is 16.5. The van der Waals surface area contributed by atoms with E-state index in [1.54, 1.807) is 0 Å². The molecule has 114 valence electrons. The van der Waals surface area contributed by atoms with Gasteiger partial charge < -0.3 is 4.74 Å². The first-order chi connectivity index (χ1) is 10.3. The molecule has 0 bridgehead atoms. The zero-order valence-corrected chi connectivity index (χ0v) is 12.6. The first-order valence-electron chi connectivity index (χ1n) is 7.50. The van der Waals surface area contributed by atoms with Crippen LogP contribution in [0.1, 0.15) is 30.4 Å². The summed E-state index contributed by atoms with van der Waals surface area (Å²) >= 11 is 0. The molecule has 1 aliphatic heterocycles. The largest absolute Gasteiger partial charge is 0.367 e. The molecule has 0 amide bonds. The van der Waals surface area contributed by atoms with Crippen molar-refractivity contribution in [3.05, 3.63) is 29.6 Å². The third-order valence-corrected chi connectivity index (χ3v) is 3.84. The van der Waals surface area contributed by atoms with Crippen LogP contribution in [0.25, 0.3) is 0 Å². The molecule has 2 aromatic heterocycles. The summed E-state index contributed by atoms with van der Waals surface area (Å²) in [4.78, 5) is 6.78. The average molecular weight is 290 g/mol. The summed E-state index contributed by atoms with van der Waals surface area (Å²) in [6, 6.07) is 2.10. The lowest BCUT2D eigenvalue weighted by molar-refractivity contribution is -0.0339. The third kappa shape index (κ3) is 3.30. The normalized spacial score (nSPS) is 20.0. The minimum Gasteiger partial charge on any atom is -0.367 e. The van der Waals surface area contributed by atoms with Crippen molar-refractivity contribution < 1.29 is 4.74 Å². The fourth-order valence-electron chi connectivity index (χ4n) is 2.70. The smallest absolute Gasteiger partial charge is 0.180 e. The Morgan fingerprint density at radius 1 is 1.48 bits per heavy atom. The molecule has 21 heavy (non-hydrogen) atoms. The van der Waals surface area contributed by atoms with Crippen LogP contribution < -0.4 is 0 Å². The summed E-state index contributed by atoms with van der Waals surface area (Å²) in [7, 11) is 0. The van der Waals surface area contributed by atoms with E-state index in [0.717, 1.165) is 50.9 Å². The van der Waals surface area contributed by atoms with E-state index in [1.807, 2.05) is 13.1 Å². The first-order valence-corrected chi connectivity index (χ1v) is 7.50. The van der Waals surface area contributed by atoms with Crippen molar-refractivity contribution in [1.29, 1.82) is 0 Å². The fraction of sp³-hybridized carbons (Fsp3) is 0.643. The standard InChI is InChI=1S/C14H22N6O/c1-3-20-12(4-6-15-20)5-7-19-8-9-21-13(10-19)14-16-11(2)17-18-14/h4,6,13H,3,5,7-10H2,1-2H3,(H,16,17,18)/t13-/m0/s1. The number of H-pyrrole nitrogens is 1. The van der Waals surface area contributed by atoms with Gasteiger partial charge in [-0.3, -0.25) is 14.7 Å². The SMILES string of the molecule is CCn1nccc1CCN1CCO[C@H](c2n[nH]c(C)n2)C1. The summed E-state index contributed by atoms with van der Waals surface area (Å²) in [6.07, 6.45) is 2.85. The number of ether oxygens (including phenoxy) is 1. The van der Waals surface area contributed by atoms with Crippen molar-refractivity contribution in [3.63, 3.8) is 0 Å². The summed E-state index contributed by atoms with van der Waals surface area (Å²) in [5, 5.41) is 11.4. The van der Waals surface area contributed by atoms with E-state index in [2.05, 4.69) is 42.9 Å². The Morgan fingerprint density at radius 3 is 3.14 bits per heavy atom. The number of nitrogens with one attached hydrogen (secondary N) is 1. The highest BCUT2D eigenvalue weighted by Gasteiger charge is 2.24. The van der Waals surface area contributed by atoms with Gasteiger partial charge in [0.05, 0.1) is 6.61 Å². The van der Waals surface area contributed by atoms with Crippen molar-refractivity contribution in [3.8, 4) is 0 Å². The molecule has 7 nitrogen and oxygen atoms in total. The topological polar surface area (TPSA) is 71.9 Å². The van der Waals surface area contributed by atoms with Gasteiger partial charge in [0, 0.05) is 44.5 Å². The molecular weight excluding hydrogens is 268 g/mol. The maximum Gasteiger partial charge on any atom is 0.180 e. The quantitative estimate of drug-likeness (QED) is 0.887. The van der Waals surface area contributed by atoms with Crippen LogP contribution in [0.5, 0.6) is 0 Å². The van der Waals surface area contributed by atoms with Crippen molar-refractivity contribution in [1.82, 2.24) is 29.9 Å². The van der Waals surface area contributed by atoms with Gasteiger partial charge in [0.25, 0.3) is 0 Å². The molecule has 0 aromatic carbocycles. The van der Waals surface area contributed by atoms with Gasteiger partial charge in [-0.05, 0) is 19.9 Å². The van der Waals surface area contributed by atoms with E-state index < -0.39 is 0 Å². The Kier molecular flexibility index (Phi) is 4.31. The molecule has 7 heteroatoms. The molecule has 0 radical (unpaired) electrons. The van der Waals surface area contributed by atoms with Crippen molar-refractivity contribution in [2.75, 3.05) is 26.2 Å². The molecule has 0 spiro atoms. The predicted molar refractivity (Wildman–Crippen MR) is 77.9 cm³/mol. The van der Waals surface area contributed by atoms with Gasteiger partial charge in [-0.1, -0.05) is 0 Å². The number of morpholine rings is 1. The highest BCUT2D eigenvalue weighted by molar-refractivity contribution is 5.01. The zero-order chi connectivity index (χ0) is 14.7. The van der Waals surface area contributed by atoms with Gasteiger partial charge in [-0.25, -0.2) is 4.98 Å². The number of rotatable bonds is 5. The zero-order valence-electron chi connectivity index (χ0n) is 12.6. The Bertz CT molecular complexity index is 578. The van der Waals surface area contributed by atoms with Gasteiger partial charge in [0.1, 0.15) is 11.9 Å². The summed E-state index contributed by atoms with van der Waals surface area (Å²) in [5.41, 5.74) is 1.29. The lowest BCUT2D eigenvalue weighted by Gasteiger charge is -2.31. The lowest BCUT2D eigenvalue weighted by Crippen LogP contribution is -2.40. The summed E-state index contributed by atoms with van der Waals surface area (Å²) < 4.78 is 7.84. The van der Waals surface area contributed by atoms with Gasteiger partial charge in [-0.15, -0.1) is 0 Å². The molecule has 3 heterocycles. The number of aryl methyl sites for hydroxylation is 2. The monoisotopic (exact) mass is 290 g/mol. The molecule has 0 aliphatic carbocycles. The van der Waals surface area contributed by atoms with E-state index >= 15 is 0 Å². The predicted octanol–water partition coefficient (Wildman–Crippen LogP) is 0.946. The van der Waals surface area contributed by atoms with E-state index in [9.17, 15) is 0 Å². The minimum absolute atomic E-state index is 0.0280. The highest BCUT2D eigenvalue weighted by Crippen LogP contribution is 2.19. The number of hydrogen-bond acceptors (Lipinski definition) is 5. The van der Waals surface area contributed by atoms with Crippen molar-refractivity contribution >= 4 is 0 Å². The van der Waals surface area contributed by atoms with Crippen LogP contribution in [0.3, 0.4) is 0 Å². The maximum atomic E-state index is 5.79. The Morgan fingerprint density at radius 2 is 2.38 bits per heavy atom. The van der Waals surface area contributed by atoms with Crippen LogP contribution in [-0.4, -0.2) is 56.1 Å². The molecular formula is C14H22N6O. The van der Waals surface area contributed by atoms with Gasteiger partial charge in [-0.2, -0.15) is 10.2 Å². The van der Waals surface area contributed by atoms with Crippen molar-refractivity contribution in [2.45, 2.75) is 32.9 Å². The van der Waals surface area contributed by atoms with E-state index in [1.165, 1.54) is 5.69 Å². The Hall–Kier alpha value is -1.73. The van der Waals surface area contributed by atoms with Crippen molar-refractivity contribution in [2.24, 2.45) is 0 Å². The summed E-state index contributed by atoms with van der Waals surface area (Å²) in [6.45, 7) is 8.48. The molecule has 2 aromatic rings. The van der Waals surface area contributed by atoms with Crippen LogP contribution in [0.2, 0.25) is 0 Å². The molecule has 0 saturated carbocycles. The molecule has 3 rings (SSSR count). The van der Waals surface area contributed by atoms with Gasteiger partial charge in [0.15, 0.2) is 5.82 Å². The number of aromatic amines is 1. The first kappa shape index (κ1) is 14.2. The maximum absolute atomic E-state index is 5.79. The minimum atomic E-state index is -0.0280. The average Bonchev–Trinajstić information content (AvgIpc) is 3.14. The molecule has 0 unspecified atom stereocenters. The molecule has 1 fully saturated rings. The summed E-state index contributed by atoms with van der Waals surface area (Å²) in [5.74, 6) is 1.59. The van der Waals surface area contributed by atoms with Crippen LogP contribution in [0.15, 0.2) is 12.3 Å². The van der Waals surface area contributed by atoms with Gasteiger partial charge >= 0.3 is 0 Å². The van der Waals surface area contributed by atoms with Crippen LogP contribution in [-0.2, 0) is 17.7 Å². The molecule has 1 N–H and O–H groups in total. The van der Waals surface area contributed by atoms with E-state index in [-0.39, 0.29) is 6.10 Å². The molecule has 1 atom stereocenters. The number of aromatic nitrogens is 5. The molecule has 1 saturated heterocycles. The Balaban J connectivity index is 1.56. The second kappa shape index (κ2) is 6.36. The van der Waals surface area contributed by atoms with Crippen LogP contribution >= 0.6 is 0 Å². The van der Waals surface area contributed by atoms with Crippen LogP contribution in [0.4, 0.5) is 0 Å². The van der Waals surface area contributed by atoms with Gasteiger partial charge in [0.2, 0.25) is 0 Å².